The van der Waals surface area contributed by atoms with Crippen molar-refractivity contribution < 1.29 is 41.8 Å². The Morgan fingerprint density at radius 1 is 0.902 bits per heavy atom. The average molecular weight is 703 g/mol. The molecule has 4 aromatic carbocycles. The SMILES string of the molecule is O=C(N[C@@H](Cc1ccc(-c2ccccc2)cc1)C(=O)O)C1c2cc(OCc3cc(F)ccc3C(F)(F)F)ccc2CCN1C(=O)CC1CCCC1. The summed E-state index contributed by atoms with van der Waals surface area (Å²) >= 11 is 0. The first kappa shape index (κ1) is 35.6. The molecule has 0 aromatic heterocycles. The maximum atomic E-state index is 14.2. The zero-order valence-corrected chi connectivity index (χ0v) is 27.8. The molecule has 1 saturated carbocycles. The zero-order chi connectivity index (χ0) is 36.1. The van der Waals surface area contributed by atoms with Crippen molar-refractivity contribution in [3.8, 4) is 16.9 Å². The summed E-state index contributed by atoms with van der Waals surface area (Å²) in [6.07, 6.45) is -0.192. The third kappa shape index (κ3) is 8.58. The van der Waals surface area contributed by atoms with Crippen LogP contribution >= 0.6 is 0 Å². The molecule has 1 heterocycles. The van der Waals surface area contributed by atoms with E-state index in [1.807, 2.05) is 54.6 Å². The van der Waals surface area contributed by atoms with Crippen molar-refractivity contribution in [3.05, 3.63) is 125 Å². The van der Waals surface area contributed by atoms with Crippen LogP contribution in [0.3, 0.4) is 0 Å². The standard InChI is InChI=1S/C40H38F4N2O5/c41-31-15-17-34(40(42,43)44)30(22-31)24-51-32-16-14-29-18-19-46(36(47)21-25-6-4-5-7-25)37(33(29)23-32)38(48)45-35(39(49)50)20-26-10-12-28(13-11-26)27-8-2-1-3-9-27/h1-3,8-17,22-23,25,35,37H,4-7,18-21,24H2,(H,45,48)(H,49,50)/t35-,37?/m0/s1. The maximum absolute atomic E-state index is 14.2. The lowest BCUT2D eigenvalue weighted by molar-refractivity contribution is -0.145. The summed E-state index contributed by atoms with van der Waals surface area (Å²) in [6.45, 7) is -0.371. The molecule has 266 valence electrons. The first-order valence-corrected chi connectivity index (χ1v) is 17.0. The van der Waals surface area contributed by atoms with Crippen LogP contribution in [-0.2, 0) is 40.0 Å². The molecule has 7 nitrogen and oxygen atoms in total. The van der Waals surface area contributed by atoms with Gasteiger partial charge < -0.3 is 20.1 Å². The highest BCUT2D eigenvalue weighted by molar-refractivity contribution is 5.92. The van der Waals surface area contributed by atoms with Gasteiger partial charge in [-0.1, -0.05) is 73.5 Å². The number of hydrogen-bond donors (Lipinski definition) is 2. The number of carboxylic acids is 1. The summed E-state index contributed by atoms with van der Waals surface area (Å²) in [5.74, 6) is -2.70. The van der Waals surface area contributed by atoms with Crippen molar-refractivity contribution in [2.75, 3.05) is 6.54 Å². The van der Waals surface area contributed by atoms with E-state index in [4.69, 9.17) is 4.74 Å². The minimum absolute atomic E-state index is 0.00986. The molecule has 4 aromatic rings. The van der Waals surface area contributed by atoms with Gasteiger partial charge in [0.1, 0.15) is 30.3 Å². The first-order chi connectivity index (χ1) is 24.5. The van der Waals surface area contributed by atoms with Gasteiger partial charge in [0.25, 0.3) is 0 Å². The highest BCUT2D eigenvalue weighted by Crippen LogP contribution is 2.37. The molecule has 0 spiro atoms. The number of carbonyl (C=O) groups excluding carboxylic acids is 2. The van der Waals surface area contributed by atoms with Crippen LogP contribution < -0.4 is 10.1 Å². The molecule has 1 aliphatic carbocycles. The van der Waals surface area contributed by atoms with Crippen LogP contribution in [-0.4, -0.2) is 40.4 Å². The number of rotatable bonds is 11. The second-order valence-corrected chi connectivity index (χ2v) is 13.2. The van der Waals surface area contributed by atoms with Crippen molar-refractivity contribution in [1.29, 1.82) is 0 Å². The molecule has 2 aliphatic rings. The largest absolute Gasteiger partial charge is 0.489 e. The van der Waals surface area contributed by atoms with E-state index < -0.39 is 53.7 Å². The van der Waals surface area contributed by atoms with Crippen molar-refractivity contribution in [2.45, 2.75) is 69.8 Å². The fourth-order valence-electron chi connectivity index (χ4n) is 7.08. The second kappa shape index (κ2) is 15.4. The van der Waals surface area contributed by atoms with Gasteiger partial charge in [-0.15, -0.1) is 0 Å². The number of carboxylic acid groups (broad SMARTS) is 1. The lowest BCUT2D eigenvalue weighted by atomic mass is 9.90. The van der Waals surface area contributed by atoms with Gasteiger partial charge in [-0.3, -0.25) is 9.59 Å². The number of nitrogens with one attached hydrogen (secondary N) is 1. The van der Waals surface area contributed by atoms with Crippen LogP contribution in [0.1, 0.15) is 66.0 Å². The van der Waals surface area contributed by atoms with Crippen LogP contribution in [0.5, 0.6) is 5.75 Å². The first-order valence-electron chi connectivity index (χ1n) is 17.0. The highest BCUT2D eigenvalue weighted by Gasteiger charge is 2.39. The number of hydrogen-bond acceptors (Lipinski definition) is 4. The molecule has 6 rings (SSSR count). The molecule has 2 atom stereocenters. The lowest BCUT2D eigenvalue weighted by Crippen LogP contribution is -2.51. The van der Waals surface area contributed by atoms with Gasteiger partial charge in [-0.05, 0) is 83.3 Å². The number of amides is 2. The number of carbonyl (C=O) groups is 3. The van der Waals surface area contributed by atoms with Gasteiger partial charge in [-0.2, -0.15) is 13.2 Å². The summed E-state index contributed by atoms with van der Waals surface area (Å²) in [5, 5.41) is 12.8. The van der Waals surface area contributed by atoms with E-state index in [0.717, 1.165) is 54.5 Å². The Labute approximate surface area is 293 Å². The average Bonchev–Trinajstić information content (AvgIpc) is 3.63. The lowest BCUT2D eigenvalue weighted by Gasteiger charge is -2.37. The summed E-state index contributed by atoms with van der Waals surface area (Å²) < 4.78 is 60.5. The summed E-state index contributed by atoms with van der Waals surface area (Å²) in [6, 6.07) is 21.5. The number of alkyl halides is 3. The Balaban J connectivity index is 1.26. The molecule has 2 amide bonds. The second-order valence-electron chi connectivity index (χ2n) is 13.2. The minimum atomic E-state index is -4.73. The molecule has 11 heteroatoms. The molecule has 1 unspecified atom stereocenters. The predicted octanol–water partition coefficient (Wildman–Crippen LogP) is 7.91. The van der Waals surface area contributed by atoms with Gasteiger partial charge in [0.05, 0.1) is 5.56 Å². The van der Waals surface area contributed by atoms with E-state index in [1.165, 1.54) is 11.0 Å². The van der Waals surface area contributed by atoms with E-state index in [1.54, 1.807) is 12.1 Å². The van der Waals surface area contributed by atoms with Crippen LogP contribution in [0.2, 0.25) is 0 Å². The van der Waals surface area contributed by atoms with Gasteiger partial charge in [0.15, 0.2) is 0 Å². The number of aliphatic carboxylic acids is 1. The normalized spacial score (nSPS) is 16.7. The van der Waals surface area contributed by atoms with Crippen molar-refractivity contribution in [1.82, 2.24) is 10.2 Å². The summed E-state index contributed by atoms with van der Waals surface area (Å²) in [7, 11) is 0. The minimum Gasteiger partial charge on any atom is -0.489 e. The number of halogens is 4. The van der Waals surface area contributed by atoms with Crippen LogP contribution in [0, 0.1) is 11.7 Å². The van der Waals surface area contributed by atoms with Crippen LogP contribution in [0.25, 0.3) is 11.1 Å². The van der Waals surface area contributed by atoms with Gasteiger partial charge in [0.2, 0.25) is 11.8 Å². The number of ether oxygens (including phenoxy) is 1. The van der Waals surface area contributed by atoms with Crippen molar-refractivity contribution >= 4 is 17.8 Å². The van der Waals surface area contributed by atoms with Gasteiger partial charge >= 0.3 is 12.1 Å². The van der Waals surface area contributed by atoms with Crippen LogP contribution in [0.15, 0.2) is 91.0 Å². The fraction of sp³-hybridized carbons (Fsp3) is 0.325. The molecule has 0 bridgehead atoms. The Bertz CT molecular complexity index is 1870. The third-order valence-corrected chi connectivity index (χ3v) is 9.73. The molecule has 0 saturated heterocycles. The van der Waals surface area contributed by atoms with Gasteiger partial charge in [-0.25, -0.2) is 9.18 Å². The quantitative estimate of drug-likeness (QED) is 0.155. The molecular formula is C40H38F4N2O5. The summed E-state index contributed by atoms with van der Waals surface area (Å²) in [5.41, 5.74) is 2.33. The van der Waals surface area contributed by atoms with Crippen molar-refractivity contribution in [2.24, 2.45) is 5.92 Å². The van der Waals surface area contributed by atoms with E-state index in [-0.39, 0.29) is 37.0 Å². The monoisotopic (exact) mass is 702 g/mol. The fourth-order valence-corrected chi connectivity index (χ4v) is 7.08. The Morgan fingerprint density at radius 3 is 2.29 bits per heavy atom. The number of fused-ring (bicyclic) bond motifs is 1. The van der Waals surface area contributed by atoms with E-state index >= 15 is 0 Å². The van der Waals surface area contributed by atoms with E-state index in [9.17, 15) is 37.1 Å². The smallest absolute Gasteiger partial charge is 0.416 e. The zero-order valence-electron chi connectivity index (χ0n) is 27.8. The summed E-state index contributed by atoms with van der Waals surface area (Å²) in [4.78, 5) is 41.9. The Kier molecular flexibility index (Phi) is 10.7. The molecule has 2 N–H and O–H groups in total. The maximum Gasteiger partial charge on any atom is 0.416 e. The molecule has 1 fully saturated rings. The number of nitrogens with zero attached hydrogens (tertiary/aromatic N) is 1. The topological polar surface area (TPSA) is 95.9 Å². The highest BCUT2D eigenvalue weighted by atomic mass is 19.4. The van der Waals surface area contributed by atoms with E-state index in [0.29, 0.717) is 23.6 Å². The predicted molar refractivity (Wildman–Crippen MR) is 182 cm³/mol. The third-order valence-electron chi connectivity index (χ3n) is 9.73. The number of benzene rings is 4. The Hall–Kier alpha value is -5.19. The van der Waals surface area contributed by atoms with E-state index in [2.05, 4.69) is 5.32 Å². The van der Waals surface area contributed by atoms with Crippen LogP contribution in [0.4, 0.5) is 17.6 Å². The molecule has 1 aliphatic heterocycles. The molecule has 0 radical (unpaired) electrons. The molecular weight excluding hydrogens is 664 g/mol. The Morgan fingerprint density at radius 2 is 1.61 bits per heavy atom. The van der Waals surface area contributed by atoms with Crippen molar-refractivity contribution in [3.63, 3.8) is 0 Å². The van der Waals surface area contributed by atoms with Gasteiger partial charge in [0, 0.05) is 24.9 Å². The molecule has 51 heavy (non-hydrogen) atoms.